The van der Waals surface area contributed by atoms with Gasteiger partial charge in [0.15, 0.2) is 0 Å². The molecule has 0 bridgehead atoms. The topological polar surface area (TPSA) is 37.3 Å². The van der Waals surface area contributed by atoms with Gasteiger partial charge in [0.25, 0.3) is 0 Å². The zero-order valence-corrected chi connectivity index (χ0v) is 9.31. The van der Waals surface area contributed by atoms with Crippen LogP contribution in [0.5, 0.6) is 0 Å². The van der Waals surface area contributed by atoms with Crippen LogP contribution in [-0.4, -0.2) is 11.1 Å². The van der Waals surface area contributed by atoms with Crippen molar-refractivity contribution < 1.29 is 14.3 Å². The van der Waals surface area contributed by atoms with E-state index in [4.69, 9.17) is 16.7 Å². The maximum absolute atomic E-state index is 13.1. The number of hydrogen-bond donors (Lipinski definition) is 1. The first-order valence-electron chi connectivity index (χ1n) is 4.50. The summed E-state index contributed by atoms with van der Waals surface area (Å²) in [7, 11) is 0. The maximum Gasteiger partial charge on any atom is 0.309 e. The molecule has 1 rings (SSSR count). The van der Waals surface area contributed by atoms with Crippen LogP contribution >= 0.6 is 11.6 Å². The summed E-state index contributed by atoms with van der Waals surface area (Å²) in [5.74, 6) is -1.42. The Hall–Kier alpha value is -1.09. The Bertz CT molecular complexity index is 388. The van der Waals surface area contributed by atoms with Crippen molar-refractivity contribution in [3.05, 3.63) is 34.6 Å². The Balaban J connectivity index is 2.91. The minimum atomic E-state index is -0.905. The van der Waals surface area contributed by atoms with Gasteiger partial charge in [-0.25, -0.2) is 4.39 Å². The molecule has 4 heteroatoms. The van der Waals surface area contributed by atoms with Crippen molar-refractivity contribution in [2.75, 3.05) is 0 Å². The normalized spacial score (nSPS) is 11.5. The molecule has 0 saturated heterocycles. The second kappa shape index (κ2) is 4.19. The lowest BCUT2D eigenvalue weighted by Gasteiger charge is -2.18. The van der Waals surface area contributed by atoms with E-state index < -0.39 is 17.2 Å². The van der Waals surface area contributed by atoms with Crippen LogP contribution in [0.3, 0.4) is 0 Å². The van der Waals surface area contributed by atoms with E-state index in [1.54, 1.807) is 19.9 Å². The van der Waals surface area contributed by atoms with E-state index in [1.807, 2.05) is 0 Å². The lowest BCUT2D eigenvalue weighted by molar-refractivity contribution is -0.146. The number of carboxylic acids is 1. The fourth-order valence-corrected chi connectivity index (χ4v) is 1.35. The molecule has 82 valence electrons. The van der Waals surface area contributed by atoms with Gasteiger partial charge in [-0.2, -0.15) is 0 Å². The standard InChI is InChI=1S/C11H12ClFO2/c1-11(2,10(14)15)6-7-3-4-8(12)9(13)5-7/h3-5H,6H2,1-2H3,(H,14,15). The number of aliphatic carboxylic acids is 1. The molecule has 0 atom stereocenters. The summed E-state index contributed by atoms with van der Waals surface area (Å²) < 4.78 is 13.1. The van der Waals surface area contributed by atoms with E-state index in [0.717, 1.165) is 0 Å². The average Bonchev–Trinajstić information content (AvgIpc) is 2.10. The zero-order valence-electron chi connectivity index (χ0n) is 8.55. The number of carbonyl (C=O) groups is 1. The fraction of sp³-hybridized carbons (Fsp3) is 0.364. The predicted octanol–water partition coefficient (Wildman–Crippen LogP) is 3.13. The molecule has 0 aromatic heterocycles. The number of benzene rings is 1. The molecule has 1 N–H and O–H groups in total. The van der Waals surface area contributed by atoms with Crippen molar-refractivity contribution in [3.8, 4) is 0 Å². The van der Waals surface area contributed by atoms with Gasteiger partial charge in [-0.3, -0.25) is 4.79 Å². The van der Waals surface area contributed by atoms with Crippen molar-refractivity contribution in [1.29, 1.82) is 0 Å². The minimum absolute atomic E-state index is 0.0480. The van der Waals surface area contributed by atoms with Crippen molar-refractivity contribution in [2.45, 2.75) is 20.3 Å². The zero-order chi connectivity index (χ0) is 11.6. The summed E-state index contributed by atoms with van der Waals surface area (Å²) in [5.41, 5.74) is -0.274. The lowest BCUT2D eigenvalue weighted by Crippen LogP contribution is -2.26. The summed E-state index contributed by atoms with van der Waals surface area (Å²) >= 11 is 5.52. The van der Waals surface area contributed by atoms with Crippen molar-refractivity contribution in [3.63, 3.8) is 0 Å². The quantitative estimate of drug-likeness (QED) is 0.866. The Morgan fingerprint density at radius 2 is 2.13 bits per heavy atom. The fourth-order valence-electron chi connectivity index (χ4n) is 1.24. The summed E-state index contributed by atoms with van der Waals surface area (Å²) in [5, 5.41) is 8.95. The van der Waals surface area contributed by atoms with Gasteiger partial charge in [-0.05, 0) is 38.0 Å². The first kappa shape index (κ1) is 12.0. The van der Waals surface area contributed by atoms with Crippen LogP contribution in [0.1, 0.15) is 19.4 Å². The molecule has 0 amide bonds. The highest BCUT2D eigenvalue weighted by Crippen LogP contribution is 2.24. The molecule has 15 heavy (non-hydrogen) atoms. The highest BCUT2D eigenvalue weighted by molar-refractivity contribution is 6.30. The molecule has 0 aliphatic carbocycles. The minimum Gasteiger partial charge on any atom is -0.481 e. The van der Waals surface area contributed by atoms with E-state index in [-0.39, 0.29) is 11.4 Å². The van der Waals surface area contributed by atoms with Crippen LogP contribution in [0.25, 0.3) is 0 Å². The number of halogens is 2. The van der Waals surface area contributed by atoms with E-state index >= 15 is 0 Å². The van der Waals surface area contributed by atoms with Gasteiger partial charge in [0.05, 0.1) is 10.4 Å². The Morgan fingerprint density at radius 3 is 2.60 bits per heavy atom. The van der Waals surface area contributed by atoms with Gasteiger partial charge in [-0.15, -0.1) is 0 Å². The maximum atomic E-state index is 13.1. The van der Waals surface area contributed by atoms with Crippen LogP contribution in [0.4, 0.5) is 4.39 Å². The number of carboxylic acid groups (broad SMARTS) is 1. The van der Waals surface area contributed by atoms with Crippen molar-refractivity contribution in [1.82, 2.24) is 0 Å². The van der Waals surface area contributed by atoms with E-state index in [2.05, 4.69) is 0 Å². The van der Waals surface area contributed by atoms with Crippen LogP contribution < -0.4 is 0 Å². The summed E-state index contributed by atoms with van der Waals surface area (Å²) in [4.78, 5) is 10.9. The Morgan fingerprint density at radius 1 is 1.53 bits per heavy atom. The Kier molecular flexibility index (Phi) is 3.35. The predicted molar refractivity (Wildman–Crippen MR) is 56.5 cm³/mol. The van der Waals surface area contributed by atoms with Crippen LogP contribution in [0.2, 0.25) is 5.02 Å². The SMILES string of the molecule is CC(C)(Cc1ccc(Cl)c(F)c1)C(=O)O. The molecule has 0 fully saturated rings. The van der Waals surface area contributed by atoms with Gasteiger partial charge in [-0.1, -0.05) is 17.7 Å². The smallest absolute Gasteiger partial charge is 0.309 e. The number of hydrogen-bond acceptors (Lipinski definition) is 1. The van der Waals surface area contributed by atoms with E-state index in [9.17, 15) is 9.18 Å². The van der Waals surface area contributed by atoms with Gasteiger partial charge < -0.3 is 5.11 Å². The average molecular weight is 231 g/mol. The third-order valence-electron chi connectivity index (χ3n) is 2.21. The molecule has 0 radical (unpaired) electrons. The first-order chi connectivity index (χ1) is 6.83. The molecular weight excluding hydrogens is 219 g/mol. The third kappa shape index (κ3) is 2.93. The molecule has 0 aliphatic rings. The molecule has 0 aliphatic heterocycles. The molecule has 0 unspecified atom stereocenters. The van der Waals surface area contributed by atoms with Crippen LogP contribution in [0.15, 0.2) is 18.2 Å². The van der Waals surface area contributed by atoms with Gasteiger partial charge in [0.2, 0.25) is 0 Å². The van der Waals surface area contributed by atoms with Crippen LogP contribution in [-0.2, 0) is 11.2 Å². The lowest BCUT2D eigenvalue weighted by atomic mass is 9.86. The van der Waals surface area contributed by atoms with Gasteiger partial charge in [0.1, 0.15) is 5.82 Å². The van der Waals surface area contributed by atoms with Gasteiger partial charge in [0, 0.05) is 0 Å². The monoisotopic (exact) mass is 230 g/mol. The van der Waals surface area contributed by atoms with E-state index in [1.165, 1.54) is 12.1 Å². The molecule has 1 aromatic rings. The highest BCUT2D eigenvalue weighted by atomic mass is 35.5. The highest BCUT2D eigenvalue weighted by Gasteiger charge is 2.27. The largest absolute Gasteiger partial charge is 0.481 e. The molecule has 0 spiro atoms. The molecule has 1 aromatic carbocycles. The summed E-state index contributed by atoms with van der Waals surface area (Å²) in [6.45, 7) is 3.20. The van der Waals surface area contributed by atoms with E-state index in [0.29, 0.717) is 5.56 Å². The second-order valence-corrected chi connectivity index (χ2v) is 4.52. The van der Waals surface area contributed by atoms with Crippen molar-refractivity contribution >= 4 is 17.6 Å². The first-order valence-corrected chi connectivity index (χ1v) is 4.88. The van der Waals surface area contributed by atoms with Gasteiger partial charge >= 0.3 is 5.97 Å². The molecule has 0 heterocycles. The summed E-state index contributed by atoms with van der Waals surface area (Å²) in [6, 6.07) is 4.34. The molecular formula is C11H12ClFO2. The Labute approximate surface area is 92.7 Å². The number of rotatable bonds is 3. The van der Waals surface area contributed by atoms with Crippen LogP contribution in [0, 0.1) is 11.2 Å². The summed E-state index contributed by atoms with van der Waals surface area (Å²) in [6.07, 6.45) is 0.274. The molecule has 0 saturated carbocycles. The molecule has 2 nitrogen and oxygen atoms in total. The van der Waals surface area contributed by atoms with Crippen molar-refractivity contribution in [2.24, 2.45) is 5.41 Å². The third-order valence-corrected chi connectivity index (χ3v) is 2.52. The second-order valence-electron chi connectivity index (χ2n) is 4.11.